The number of hydrogen-bond acceptors (Lipinski definition) is 14. The van der Waals surface area contributed by atoms with Crippen molar-refractivity contribution in [2.75, 3.05) is 13.2 Å². The number of aliphatic hydroxyl groups is 3. The number of ether oxygens (including phenoxy) is 6. The molecule has 0 spiro atoms. The van der Waals surface area contributed by atoms with E-state index in [9.17, 15) is 39.3 Å². The number of aliphatic hydroxyl groups excluding tert-OH is 2. The molecule has 1 amide bonds. The van der Waals surface area contributed by atoms with Gasteiger partial charge in [0.25, 0.3) is 5.91 Å². The molecule has 2 bridgehead atoms. The third-order valence-electron chi connectivity index (χ3n) is 14.1. The van der Waals surface area contributed by atoms with Crippen LogP contribution in [-0.4, -0.2) is 112 Å². The molecule has 1 heterocycles. The molecule has 7 rings (SSSR count). The van der Waals surface area contributed by atoms with Gasteiger partial charge >= 0.3 is 23.9 Å². The summed E-state index contributed by atoms with van der Waals surface area (Å²) in [5.74, 6) is -5.51. The van der Waals surface area contributed by atoms with Crippen molar-refractivity contribution in [1.82, 2.24) is 5.32 Å². The van der Waals surface area contributed by atoms with E-state index in [1.165, 1.54) is 25.1 Å². The van der Waals surface area contributed by atoms with E-state index in [1.807, 2.05) is 0 Å². The topological polar surface area (TPSA) is 213 Å². The zero-order valence-corrected chi connectivity index (χ0v) is 37.3. The van der Waals surface area contributed by atoms with E-state index in [-0.39, 0.29) is 41.9 Å². The van der Waals surface area contributed by atoms with E-state index in [0.29, 0.717) is 5.56 Å². The molecule has 3 fully saturated rings. The summed E-state index contributed by atoms with van der Waals surface area (Å²) in [7, 11) is 0. The highest BCUT2D eigenvalue weighted by Crippen LogP contribution is 2.66. The first-order chi connectivity index (χ1) is 30.8. The number of carbonyl (C=O) groups is 5. The molecule has 1 saturated heterocycles. The maximum atomic E-state index is 14.5. The molecule has 3 aromatic rings. The number of rotatable bonds is 13. The van der Waals surface area contributed by atoms with E-state index >= 15 is 0 Å². The first-order valence-corrected chi connectivity index (χ1v) is 21.7. The summed E-state index contributed by atoms with van der Waals surface area (Å²) < 4.78 is 37.6. The van der Waals surface area contributed by atoms with Crippen LogP contribution in [0, 0.1) is 16.7 Å². The van der Waals surface area contributed by atoms with Crippen LogP contribution in [0.5, 0.6) is 0 Å². The summed E-state index contributed by atoms with van der Waals surface area (Å²) in [6.45, 7) is 12.5. The SMILES string of the molecule is C=CCO[C@H]1C[C@H]2OC[C@@]2(OC(C)=O)[C@H]2[C@H](OC(=O)c3ccccc3)[C@]3(O)C[C@H](OC(=O)[C@H](O)[C@@H](NC(=O)c4ccccc4)c4ccccc4)C(C)=C([C@@H](OC(C)=O)[C@H](O)[C@]12C)C3(C)C. The van der Waals surface area contributed by atoms with Crippen molar-refractivity contribution in [3.8, 4) is 0 Å². The minimum Gasteiger partial charge on any atom is -0.456 e. The standard InChI is InChI=1S/C50H57NO14/c1-8-24-60-35-25-36-49(27-61-36,65-30(4)53)41-43(64-45(57)33-22-16-11-17-23-33)50(59)26-34(28(2)37(47(50,5)6)40(62-29(3)52)42(55)48(35,41)7)63-46(58)39(54)38(31-18-12-9-13-19-31)51-44(56)32-20-14-10-15-21-32/h8-23,34-36,38-43,54-55,59H,1,24-27H2,2-7H3,(H,51,56)/t34-,35-,36+,38-,39+,40+,41-,42-,43-,48+,49-,50+/m0/s1. The van der Waals surface area contributed by atoms with Gasteiger partial charge in [0.1, 0.15) is 30.0 Å². The van der Waals surface area contributed by atoms with E-state index in [1.54, 1.807) is 107 Å². The largest absolute Gasteiger partial charge is 0.456 e. The summed E-state index contributed by atoms with van der Waals surface area (Å²) in [4.78, 5) is 68.8. The van der Waals surface area contributed by atoms with Gasteiger partial charge in [-0.2, -0.15) is 0 Å². The number of hydrogen-bond donors (Lipinski definition) is 4. The van der Waals surface area contributed by atoms with Crippen LogP contribution in [0.3, 0.4) is 0 Å². The molecule has 0 aromatic heterocycles. The maximum absolute atomic E-state index is 14.5. The van der Waals surface area contributed by atoms with Crippen LogP contribution in [0.2, 0.25) is 0 Å². The number of carbonyl (C=O) groups excluding carboxylic acids is 5. The average molecular weight is 896 g/mol. The van der Waals surface area contributed by atoms with Crippen molar-refractivity contribution >= 4 is 29.8 Å². The molecule has 65 heavy (non-hydrogen) atoms. The molecule has 4 N–H and O–H groups in total. The van der Waals surface area contributed by atoms with Gasteiger partial charge in [-0.05, 0) is 47.9 Å². The summed E-state index contributed by atoms with van der Waals surface area (Å²) in [6.07, 6.45) is -9.21. The lowest BCUT2D eigenvalue weighted by Gasteiger charge is -2.69. The zero-order chi connectivity index (χ0) is 47.1. The zero-order valence-electron chi connectivity index (χ0n) is 37.3. The van der Waals surface area contributed by atoms with Crippen LogP contribution in [0.25, 0.3) is 0 Å². The number of esters is 4. The normalized spacial score (nSPS) is 32.0. The number of benzene rings is 3. The van der Waals surface area contributed by atoms with Gasteiger partial charge in [-0.1, -0.05) is 93.6 Å². The van der Waals surface area contributed by atoms with Gasteiger partial charge in [0, 0.05) is 43.1 Å². The average Bonchev–Trinajstić information content (AvgIpc) is 3.27. The van der Waals surface area contributed by atoms with Crippen LogP contribution in [-0.2, 0) is 42.8 Å². The summed E-state index contributed by atoms with van der Waals surface area (Å²) in [5.41, 5.74) is -6.04. The minimum atomic E-state index is -2.32. The smallest absolute Gasteiger partial charge is 0.338 e. The lowest BCUT2D eigenvalue weighted by Crippen LogP contribution is -2.82. The van der Waals surface area contributed by atoms with Crippen molar-refractivity contribution in [3.63, 3.8) is 0 Å². The lowest BCUT2D eigenvalue weighted by molar-refractivity contribution is -0.367. The Bertz CT molecular complexity index is 2320. The molecule has 15 heteroatoms. The molecular weight excluding hydrogens is 839 g/mol. The van der Waals surface area contributed by atoms with Crippen molar-refractivity contribution in [2.24, 2.45) is 16.7 Å². The predicted octanol–water partition coefficient (Wildman–Crippen LogP) is 4.74. The van der Waals surface area contributed by atoms with Gasteiger partial charge in [-0.3, -0.25) is 14.4 Å². The highest BCUT2D eigenvalue weighted by molar-refractivity contribution is 5.95. The Labute approximate surface area is 377 Å². The Hall–Kier alpha value is -5.71. The fourth-order valence-electron chi connectivity index (χ4n) is 10.8. The summed E-state index contributed by atoms with van der Waals surface area (Å²) >= 11 is 0. The molecule has 1 aliphatic heterocycles. The molecule has 3 aromatic carbocycles. The van der Waals surface area contributed by atoms with Gasteiger partial charge in [-0.25, -0.2) is 9.59 Å². The van der Waals surface area contributed by atoms with E-state index in [2.05, 4.69) is 11.9 Å². The van der Waals surface area contributed by atoms with Crippen molar-refractivity contribution in [2.45, 2.75) is 114 Å². The van der Waals surface area contributed by atoms with Crippen molar-refractivity contribution in [1.29, 1.82) is 0 Å². The maximum Gasteiger partial charge on any atom is 0.338 e. The molecule has 2 saturated carbocycles. The molecular formula is C50H57NO14. The van der Waals surface area contributed by atoms with Crippen LogP contribution < -0.4 is 5.32 Å². The fraction of sp³-hybridized carbons (Fsp3) is 0.460. The number of nitrogens with one attached hydrogen (secondary N) is 1. The van der Waals surface area contributed by atoms with E-state index in [4.69, 9.17) is 28.4 Å². The third kappa shape index (κ3) is 8.29. The second-order valence-electron chi connectivity index (χ2n) is 18.2. The molecule has 3 aliphatic carbocycles. The highest BCUT2D eigenvalue weighted by Gasteiger charge is 2.78. The molecule has 0 unspecified atom stereocenters. The second kappa shape index (κ2) is 18.3. The quantitative estimate of drug-likeness (QED) is 0.104. The Morgan fingerprint density at radius 3 is 2.03 bits per heavy atom. The lowest BCUT2D eigenvalue weighted by atomic mass is 9.44. The van der Waals surface area contributed by atoms with Crippen LogP contribution in [0.15, 0.2) is 115 Å². The first kappa shape index (κ1) is 47.3. The van der Waals surface area contributed by atoms with Gasteiger partial charge in [0.05, 0.1) is 36.8 Å². The minimum absolute atomic E-state index is 0.00665. The van der Waals surface area contributed by atoms with Crippen molar-refractivity contribution in [3.05, 3.63) is 131 Å². The van der Waals surface area contributed by atoms with Crippen LogP contribution >= 0.6 is 0 Å². The second-order valence-corrected chi connectivity index (χ2v) is 18.2. The third-order valence-corrected chi connectivity index (χ3v) is 14.1. The van der Waals surface area contributed by atoms with Crippen LogP contribution in [0.1, 0.15) is 86.7 Å². The van der Waals surface area contributed by atoms with Gasteiger partial charge in [-0.15, -0.1) is 6.58 Å². The Balaban J connectivity index is 1.41. The number of fused-ring (bicyclic) bond motifs is 5. The van der Waals surface area contributed by atoms with Gasteiger partial charge < -0.3 is 49.1 Å². The monoisotopic (exact) mass is 895 g/mol. The fourth-order valence-corrected chi connectivity index (χ4v) is 10.8. The Morgan fingerprint density at radius 2 is 1.48 bits per heavy atom. The van der Waals surface area contributed by atoms with E-state index < -0.39 is 113 Å². The van der Waals surface area contributed by atoms with E-state index in [0.717, 1.165) is 6.92 Å². The van der Waals surface area contributed by atoms with Crippen molar-refractivity contribution < 1.29 is 67.7 Å². The van der Waals surface area contributed by atoms with Gasteiger partial charge in [0.2, 0.25) is 0 Å². The molecule has 4 aliphatic rings. The number of amides is 1. The molecule has 12 atom stereocenters. The molecule has 346 valence electrons. The summed E-state index contributed by atoms with van der Waals surface area (Å²) in [5, 5.41) is 41.7. The predicted molar refractivity (Wildman–Crippen MR) is 233 cm³/mol. The molecule has 15 nitrogen and oxygen atoms in total. The Morgan fingerprint density at radius 1 is 0.877 bits per heavy atom. The summed E-state index contributed by atoms with van der Waals surface area (Å²) in [6, 6.07) is 23.3. The Kier molecular flexibility index (Phi) is 13.3. The highest BCUT2D eigenvalue weighted by atomic mass is 16.6. The van der Waals surface area contributed by atoms with Gasteiger partial charge in [0.15, 0.2) is 17.8 Å². The van der Waals surface area contributed by atoms with Crippen LogP contribution in [0.4, 0.5) is 0 Å². The first-order valence-electron chi connectivity index (χ1n) is 21.7. The molecule has 0 radical (unpaired) electrons.